The van der Waals surface area contributed by atoms with Crippen molar-refractivity contribution in [3.63, 3.8) is 0 Å². The molecular weight excluding hydrogens is 208 g/mol. The third-order valence-electron chi connectivity index (χ3n) is 2.97. The first-order valence-corrected chi connectivity index (χ1v) is 5.82. The maximum absolute atomic E-state index is 10.9. The van der Waals surface area contributed by atoms with E-state index in [4.69, 9.17) is 15.6 Å². The Kier molecular flexibility index (Phi) is 4.70. The average Bonchev–Trinajstić information content (AvgIpc) is 2.68. The van der Waals surface area contributed by atoms with Gasteiger partial charge in [-0.05, 0) is 26.3 Å². The van der Waals surface area contributed by atoms with Crippen molar-refractivity contribution in [1.82, 2.24) is 4.90 Å². The van der Waals surface area contributed by atoms with Gasteiger partial charge in [-0.15, -0.1) is 0 Å². The molecule has 2 unspecified atom stereocenters. The summed E-state index contributed by atoms with van der Waals surface area (Å²) in [5.74, 6) is -0.960. The van der Waals surface area contributed by atoms with Crippen LogP contribution < -0.4 is 5.73 Å². The van der Waals surface area contributed by atoms with E-state index in [9.17, 15) is 4.79 Å². The van der Waals surface area contributed by atoms with Crippen molar-refractivity contribution in [2.75, 3.05) is 26.2 Å². The maximum Gasteiger partial charge on any atom is 0.324 e. The lowest BCUT2D eigenvalue weighted by Crippen LogP contribution is -2.54. The third-order valence-corrected chi connectivity index (χ3v) is 2.97. The van der Waals surface area contributed by atoms with Crippen molar-refractivity contribution >= 4 is 5.97 Å². The molecule has 0 spiro atoms. The zero-order valence-electron chi connectivity index (χ0n) is 10.1. The molecule has 0 saturated carbocycles. The molecule has 0 aliphatic carbocycles. The molecule has 1 fully saturated rings. The van der Waals surface area contributed by atoms with Gasteiger partial charge in [0.15, 0.2) is 0 Å². The Morgan fingerprint density at radius 1 is 1.69 bits per heavy atom. The normalized spacial score (nSPS) is 24.6. The fourth-order valence-electron chi connectivity index (χ4n) is 1.91. The summed E-state index contributed by atoms with van der Waals surface area (Å²) in [5, 5.41) is 8.96. The van der Waals surface area contributed by atoms with Crippen molar-refractivity contribution in [3.05, 3.63) is 0 Å². The zero-order chi connectivity index (χ0) is 12.2. The molecule has 1 aliphatic heterocycles. The van der Waals surface area contributed by atoms with E-state index in [-0.39, 0.29) is 6.10 Å². The van der Waals surface area contributed by atoms with Crippen LogP contribution in [0.5, 0.6) is 0 Å². The summed E-state index contributed by atoms with van der Waals surface area (Å²) in [6.07, 6.45) is 2.40. The summed E-state index contributed by atoms with van der Waals surface area (Å²) in [7, 11) is 0. The highest BCUT2D eigenvalue weighted by molar-refractivity contribution is 5.78. The van der Waals surface area contributed by atoms with Crippen LogP contribution in [0, 0.1) is 0 Å². The summed E-state index contributed by atoms with van der Waals surface area (Å²) in [4.78, 5) is 13.0. The minimum absolute atomic E-state index is 0.240. The number of nitrogens with zero attached hydrogens (tertiary/aromatic N) is 1. The molecule has 1 aliphatic rings. The van der Waals surface area contributed by atoms with Gasteiger partial charge in [0.1, 0.15) is 5.54 Å². The van der Waals surface area contributed by atoms with E-state index in [0.717, 1.165) is 32.5 Å². The van der Waals surface area contributed by atoms with E-state index >= 15 is 0 Å². The van der Waals surface area contributed by atoms with Crippen molar-refractivity contribution in [3.8, 4) is 0 Å². The summed E-state index contributed by atoms with van der Waals surface area (Å²) in [6.45, 7) is 6.30. The molecule has 0 bridgehead atoms. The van der Waals surface area contributed by atoms with Crippen LogP contribution in [0.2, 0.25) is 0 Å². The van der Waals surface area contributed by atoms with E-state index in [1.807, 2.05) is 11.8 Å². The molecular formula is C11H22N2O3. The van der Waals surface area contributed by atoms with Gasteiger partial charge in [0.05, 0.1) is 6.10 Å². The average molecular weight is 230 g/mol. The van der Waals surface area contributed by atoms with Crippen molar-refractivity contribution in [2.45, 2.75) is 38.3 Å². The zero-order valence-corrected chi connectivity index (χ0v) is 10.1. The quantitative estimate of drug-likeness (QED) is 0.686. The van der Waals surface area contributed by atoms with Crippen molar-refractivity contribution in [2.24, 2.45) is 5.73 Å². The van der Waals surface area contributed by atoms with Gasteiger partial charge in [-0.25, -0.2) is 0 Å². The molecule has 1 rings (SSSR count). The van der Waals surface area contributed by atoms with E-state index in [1.54, 1.807) is 6.92 Å². The van der Waals surface area contributed by atoms with Crippen molar-refractivity contribution < 1.29 is 14.6 Å². The monoisotopic (exact) mass is 230 g/mol. The smallest absolute Gasteiger partial charge is 0.324 e. The molecule has 0 aromatic heterocycles. The van der Waals surface area contributed by atoms with Gasteiger partial charge in [0.25, 0.3) is 0 Å². The van der Waals surface area contributed by atoms with Crippen LogP contribution >= 0.6 is 0 Å². The lowest BCUT2D eigenvalue weighted by atomic mass is 10.0. The lowest BCUT2D eigenvalue weighted by molar-refractivity contribution is -0.143. The molecule has 0 aromatic rings. The van der Waals surface area contributed by atoms with Gasteiger partial charge in [-0.2, -0.15) is 0 Å². The number of ether oxygens (including phenoxy) is 1. The predicted octanol–water partition coefficient (Wildman–Crippen LogP) is 0.289. The molecule has 0 radical (unpaired) electrons. The number of hydrogen-bond acceptors (Lipinski definition) is 4. The minimum atomic E-state index is -1.19. The Labute approximate surface area is 96.6 Å². The number of likely N-dealkylation sites (N-methyl/N-ethyl adjacent to an activating group) is 1. The SMILES string of the molecule is CCN(CC1CCCO1)CC(C)(N)C(=O)O. The fourth-order valence-corrected chi connectivity index (χ4v) is 1.91. The van der Waals surface area contributed by atoms with Crippen LogP contribution in [-0.4, -0.2) is 53.9 Å². The number of carboxylic acids is 1. The molecule has 3 N–H and O–H groups in total. The van der Waals surface area contributed by atoms with Crippen LogP contribution in [-0.2, 0) is 9.53 Å². The fraction of sp³-hybridized carbons (Fsp3) is 0.909. The van der Waals surface area contributed by atoms with Gasteiger partial charge in [-0.1, -0.05) is 6.92 Å². The first kappa shape index (κ1) is 13.4. The number of carboxylic acid groups (broad SMARTS) is 1. The number of rotatable bonds is 6. The number of carbonyl (C=O) groups is 1. The largest absolute Gasteiger partial charge is 0.480 e. The Bertz CT molecular complexity index is 237. The van der Waals surface area contributed by atoms with E-state index < -0.39 is 11.5 Å². The van der Waals surface area contributed by atoms with Gasteiger partial charge in [0, 0.05) is 19.7 Å². The lowest BCUT2D eigenvalue weighted by Gasteiger charge is -2.30. The van der Waals surface area contributed by atoms with Crippen LogP contribution in [0.25, 0.3) is 0 Å². The van der Waals surface area contributed by atoms with Crippen LogP contribution in [0.15, 0.2) is 0 Å². The van der Waals surface area contributed by atoms with Crippen molar-refractivity contribution in [1.29, 1.82) is 0 Å². The Hall–Kier alpha value is -0.650. The second-order valence-corrected chi connectivity index (χ2v) is 4.69. The molecule has 1 heterocycles. The molecule has 94 valence electrons. The molecule has 5 nitrogen and oxygen atoms in total. The highest BCUT2D eigenvalue weighted by Gasteiger charge is 2.31. The van der Waals surface area contributed by atoms with E-state index in [1.165, 1.54) is 0 Å². The molecule has 16 heavy (non-hydrogen) atoms. The van der Waals surface area contributed by atoms with Crippen LogP contribution in [0.4, 0.5) is 0 Å². The molecule has 0 aromatic carbocycles. The second kappa shape index (κ2) is 5.61. The second-order valence-electron chi connectivity index (χ2n) is 4.69. The highest BCUT2D eigenvalue weighted by atomic mass is 16.5. The van der Waals surface area contributed by atoms with Gasteiger partial charge in [0.2, 0.25) is 0 Å². The third kappa shape index (κ3) is 3.73. The molecule has 1 saturated heterocycles. The summed E-state index contributed by atoms with van der Waals surface area (Å²) in [5.41, 5.74) is 4.54. The van der Waals surface area contributed by atoms with Gasteiger partial charge >= 0.3 is 5.97 Å². The van der Waals surface area contributed by atoms with Gasteiger partial charge < -0.3 is 15.6 Å². The molecule has 0 amide bonds. The predicted molar refractivity (Wildman–Crippen MR) is 61.3 cm³/mol. The molecule has 5 heteroatoms. The minimum Gasteiger partial charge on any atom is -0.480 e. The standard InChI is InChI=1S/C11H22N2O3/c1-3-13(7-9-5-4-6-16-9)8-11(2,12)10(14)15/h9H,3-8,12H2,1-2H3,(H,14,15). The van der Waals surface area contributed by atoms with Crippen LogP contribution in [0.1, 0.15) is 26.7 Å². The summed E-state index contributed by atoms with van der Waals surface area (Å²) < 4.78 is 5.53. The topological polar surface area (TPSA) is 75.8 Å². The Morgan fingerprint density at radius 2 is 2.38 bits per heavy atom. The molecule has 2 atom stereocenters. The number of hydrogen-bond donors (Lipinski definition) is 2. The maximum atomic E-state index is 10.9. The Morgan fingerprint density at radius 3 is 2.81 bits per heavy atom. The van der Waals surface area contributed by atoms with E-state index in [0.29, 0.717) is 6.54 Å². The number of aliphatic carboxylic acids is 1. The van der Waals surface area contributed by atoms with E-state index in [2.05, 4.69) is 0 Å². The Balaban J connectivity index is 2.44. The summed E-state index contributed by atoms with van der Waals surface area (Å²) >= 11 is 0. The summed E-state index contributed by atoms with van der Waals surface area (Å²) in [6, 6.07) is 0. The number of nitrogens with two attached hydrogens (primary N) is 1. The first-order chi connectivity index (χ1) is 7.45. The highest BCUT2D eigenvalue weighted by Crippen LogP contribution is 2.14. The first-order valence-electron chi connectivity index (χ1n) is 5.82. The van der Waals surface area contributed by atoms with Gasteiger partial charge in [-0.3, -0.25) is 9.69 Å². The van der Waals surface area contributed by atoms with Crippen LogP contribution in [0.3, 0.4) is 0 Å².